The molecule has 0 bridgehead atoms. The average molecular weight is 284 g/mol. The van der Waals surface area contributed by atoms with Crippen molar-refractivity contribution < 1.29 is 9.84 Å². The molecule has 0 aromatic rings. The minimum Gasteiger partial charge on any atom is -0.390 e. The average Bonchev–Trinajstić information content (AvgIpc) is 2.44. The van der Waals surface area contributed by atoms with E-state index in [-0.39, 0.29) is 11.5 Å². The first-order valence-corrected chi connectivity index (χ1v) is 7.87. The van der Waals surface area contributed by atoms with Gasteiger partial charge in [0.05, 0.1) is 17.3 Å². The van der Waals surface area contributed by atoms with Crippen LogP contribution in [0.3, 0.4) is 0 Å². The second-order valence-electron chi connectivity index (χ2n) is 7.94. The number of piperazine rings is 1. The molecule has 20 heavy (non-hydrogen) atoms. The maximum atomic E-state index is 10.6. The largest absolute Gasteiger partial charge is 0.390 e. The summed E-state index contributed by atoms with van der Waals surface area (Å²) in [4.78, 5) is 4.93. The van der Waals surface area contributed by atoms with E-state index in [1.54, 1.807) is 0 Å². The van der Waals surface area contributed by atoms with Crippen molar-refractivity contribution in [2.24, 2.45) is 5.92 Å². The highest BCUT2D eigenvalue weighted by molar-refractivity contribution is 5.03. The van der Waals surface area contributed by atoms with Crippen LogP contribution < -0.4 is 0 Å². The topological polar surface area (TPSA) is 35.9 Å². The minimum atomic E-state index is -0.446. The Morgan fingerprint density at radius 1 is 1.05 bits per heavy atom. The number of nitrogens with zero attached hydrogens (tertiary/aromatic N) is 2. The molecule has 2 aliphatic heterocycles. The number of hydrogen-bond acceptors (Lipinski definition) is 4. The van der Waals surface area contributed by atoms with Crippen LogP contribution in [-0.2, 0) is 4.74 Å². The zero-order valence-corrected chi connectivity index (χ0v) is 14.2. The molecular weight excluding hydrogens is 252 g/mol. The highest BCUT2D eigenvalue weighted by atomic mass is 16.5. The minimum absolute atomic E-state index is 0.167. The van der Waals surface area contributed by atoms with Gasteiger partial charge in [-0.2, -0.15) is 0 Å². The second-order valence-corrected chi connectivity index (χ2v) is 7.94. The molecule has 2 saturated heterocycles. The van der Waals surface area contributed by atoms with Gasteiger partial charge in [0.15, 0.2) is 0 Å². The van der Waals surface area contributed by atoms with Crippen LogP contribution in [0.1, 0.15) is 41.5 Å². The summed E-state index contributed by atoms with van der Waals surface area (Å²) in [5.74, 6) is 0.167. The van der Waals surface area contributed by atoms with Gasteiger partial charge < -0.3 is 9.84 Å². The monoisotopic (exact) mass is 284 g/mol. The van der Waals surface area contributed by atoms with Crippen LogP contribution in [0, 0.1) is 5.92 Å². The highest BCUT2D eigenvalue weighted by Crippen LogP contribution is 2.42. The van der Waals surface area contributed by atoms with Gasteiger partial charge in [0.2, 0.25) is 0 Å². The lowest BCUT2D eigenvalue weighted by atomic mass is 9.84. The summed E-state index contributed by atoms with van der Waals surface area (Å²) in [6.45, 7) is 15.8. The van der Waals surface area contributed by atoms with E-state index >= 15 is 0 Å². The van der Waals surface area contributed by atoms with Gasteiger partial charge in [0.1, 0.15) is 0 Å². The van der Waals surface area contributed by atoms with Crippen molar-refractivity contribution in [3.05, 3.63) is 0 Å². The van der Waals surface area contributed by atoms with Crippen molar-refractivity contribution in [1.29, 1.82) is 0 Å². The number of aliphatic hydroxyl groups excluding tert-OH is 1. The first kappa shape index (κ1) is 16.2. The van der Waals surface area contributed by atoms with Gasteiger partial charge in [-0.05, 0) is 48.6 Å². The van der Waals surface area contributed by atoms with E-state index in [1.807, 2.05) is 13.8 Å². The van der Waals surface area contributed by atoms with Crippen LogP contribution in [0.2, 0.25) is 0 Å². The molecule has 4 atom stereocenters. The van der Waals surface area contributed by atoms with Crippen LogP contribution in [0.5, 0.6) is 0 Å². The third kappa shape index (κ3) is 2.89. The lowest BCUT2D eigenvalue weighted by Gasteiger charge is -2.44. The van der Waals surface area contributed by atoms with Gasteiger partial charge in [-0.1, -0.05) is 0 Å². The van der Waals surface area contributed by atoms with Crippen molar-refractivity contribution in [1.82, 2.24) is 9.80 Å². The van der Waals surface area contributed by atoms with Crippen LogP contribution in [-0.4, -0.2) is 71.0 Å². The van der Waals surface area contributed by atoms with Crippen LogP contribution in [0.4, 0.5) is 0 Å². The van der Waals surface area contributed by atoms with Gasteiger partial charge in [0, 0.05) is 37.6 Å². The Kier molecular flexibility index (Phi) is 4.25. The molecule has 0 radical (unpaired) electrons. The fourth-order valence-corrected chi connectivity index (χ4v) is 3.94. The summed E-state index contributed by atoms with van der Waals surface area (Å²) in [6, 6.07) is 1.13. The van der Waals surface area contributed by atoms with E-state index in [0.717, 1.165) is 19.6 Å². The predicted octanol–water partition coefficient (Wildman–Crippen LogP) is 1.58. The molecule has 0 aromatic carbocycles. The van der Waals surface area contributed by atoms with E-state index in [0.29, 0.717) is 12.1 Å². The molecule has 4 unspecified atom stereocenters. The molecule has 0 aliphatic carbocycles. The summed E-state index contributed by atoms with van der Waals surface area (Å²) >= 11 is 0. The predicted molar refractivity (Wildman–Crippen MR) is 81.9 cm³/mol. The summed E-state index contributed by atoms with van der Waals surface area (Å²) in [7, 11) is 2.20. The van der Waals surface area contributed by atoms with Crippen molar-refractivity contribution in [2.75, 3.05) is 26.7 Å². The van der Waals surface area contributed by atoms with Gasteiger partial charge in [-0.25, -0.2) is 0 Å². The molecule has 4 heteroatoms. The Morgan fingerprint density at radius 2 is 1.55 bits per heavy atom. The van der Waals surface area contributed by atoms with E-state index < -0.39 is 11.7 Å². The SMILES string of the molecule is CC1CN(CC2C(O)C(C)(C)OC2(C)C)CC(C)N1C. The van der Waals surface area contributed by atoms with E-state index in [2.05, 4.69) is 44.5 Å². The van der Waals surface area contributed by atoms with Gasteiger partial charge in [-0.15, -0.1) is 0 Å². The molecule has 0 saturated carbocycles. The third-order valence-corrected chi connectivity index (χ3v) is 5.40. The maximum Gasteiger partial charge on any atom is 0.0896 e. The number of aliphatic hydroxyl groups is 1. The van der Waals surface area contributed by atoms with E-state index in [4.69, 9.17) is 4.74 Å². The fourth-order valence-electron chi connectivity index (χ4n) is 3.94. The first-order valence-electron chi connectivity index (χ1n) is 7.87. The first-order chi connectivity index (χ1) is 9.04. The molecular formula is C16H32N2O2. The van der Waals surface area contributed by atoms with Crippen LogP contribution >= 0.6 is 0 Å². The normalized spacial score (nSPS) is 42.0. The Hall–Kier alpha value is -0.160. The number of rotatable bonds is 2. The van der Waals surface area contributed by atoms with Gasteiger partial charge in [0.25, 0.3) is 0 Å². The molecule has 0 aromatic heterocycles. The Bertz CT molecular complexity index is 344. The quantitative estimate of drug-likeness (QED) is 0.835. The molecule has 2 heterocycles. The zero-order valence-electron chi connectivity index (χ0n) is 14.2. The summed E-state index contributed by atoms with van der Waals surface area (Å²) in [5.41, 5.74) is -0.712. The second kappa shape index (κ2) is 5.24. The smallest absolute Gasteiger partial charge is 0.0896 e. The highest BCUT2D eigenvalue weighted by Gasteiger charge is 2.53. The Labute approximate surface area is 124 Å². The maximum absolute atomic E-state index is 10.6. The molecule has 0 spiro atoms. The lowest BCUT2D eigenvalue weighted by Crippen LogP contribution is -2.57. The molecule has 1 N–H and O–H groups in total. The van der Waals surface area contributed by atoms with E-state index in [1.165, 1.54) is 0 Å². The summed E-state index contributed by atoms with van der Waals surface area (Å²) < 4.78 is 6.09. The molecule has 2 fully saturated rings. The summed E-state index contributed by atoms with van der Waals surface area (Å²) in [5, 5.41) is 10.6. The van der Waals surface area contributed by atoms with Gasteiger partial charge >= 0.3 is 0 Å². The number of ether oxygens (including phenoxy) is 1. The fraction of sp³-hybridized carbons (Fsp3) is 1.00. The van der Waals surface area contributed by atoms with Gasteiger partial charge in [-0.3, -0.25) is 9.80 Å². The van der Waals surface area contributed by atoms with E-state index in [9.17, 15) is 5.11 Å². The Morgan fingerprint density at radius 3 is 1.95 bits per heavy atom. The zero-order chi connectivity index (χ0) is 15.3. The Balaban J connectivity index is 2.06. The summed E-state index contributed by atoms with van der Waals surface area (Å²) in [6.07, 6.45) is -0.400. The molecule has 2 rings (SSSR count). The van der Waals surface area contributed by atoms with Crippen molar-refractivity contribution in [2.45, 2.75) is 70.9 Å². The number of hydrogen-bond donors (Lipinski definition) is 1. The van der Waals surface area contributed by atoms with Crippen LogP contribution in [0.25, 0.3) is 0 Å². The molecule has 118 valence electrons. The molecule has 2 aliphatic rings. The lowest BCUT2D eigenvalue weighted by molar-refractivity contribution is -0.0918. The standard InChI is InChI=1S/C16H32N2O2/c1-11-8-18(9-12(2)17(11)7)10-13-14(19)16(5,6)20-15(13,3)4/h11-14,19H,8-10H2,1-7H3. The number of likely N-dealkylation sites (N-methyl/N-ethyl adjacent to an activating group) is 1. The third-order valence-electron chi connectivity index (χ3n) is 5.40. The van der Waals surface area contributed by atoms with Crippen molar-refractivity contribution in [3.63, 3.8) is 0 Å². The van der Waals surface area contributed by atoms with Crippen LogP contribution in [0.15, 0.2) is 0 Å². The van der Waals surface area contributed by atoms with Crippen molar-refractivity contribution in [3.8, 4) is 0 Å². The molecule has 4 nitrogen and oxygen atoms in total. The van der Waals surface area contributed by atoms with Crippen molar-refractivity contribution >= 4 is 0 Å². The molecule has 0 amide bonds.